The van der Waals surface area contributed by atoms with Gasteiger partial charge in [0.1, 0.15) is 6.10 Å². The average Bonchev–Trinajstić information content (AvgIpc) is 2.32. The molecule has 0 saturated heterocycles. The van der Waals surface area contributed by atoms with E-state index >= 15 is 0 Å². The summed E-state index contributed by atoms with van der Waals surface area (Å²) in [5.74, 6) is 0. The molecule has 1 saturated carbocycles. The predicted octanol–water partition coefficient (Wildman–Crippen LogP) is 3.36. The fourth-order valence-corrected chi connectivity index (χ4v) is 2.61. The van der Waals surface area contributed by atoms with E-state index in [0.717, 1.165) is 23.2 Å². The lowest BCUT2D eigenvalue weighted by molar-refractivity contribution is -0.118. The van der Waals surface area contributed by atoms with Crippen LogP contribution in [-0.4, -0.2) is 32.0 Å². The zero-order valence-electron chi connectivity index (χ0n) is 11.1. The minimum Gasteiger partial charge on any atom is -0.379 e. The third-order valence-electron chi connectivity index (χ3n) is 3.41. The van der Waals surface area contributed by atoms with Crippen molar-refractivity contribution >= 4 is 21.6 Å². The van der Waals surface area contributed by atoms with E-state index < -0.39 is 0 Å². The molecule has 0 amide bonds. The quantitative estimate of drug-likeness (QED) is 0.904. The maximum atomic E-state index is 5.62. The number of benzene rings is 1. The molecule has 1 N–H and O–H groups in total. The Morgan fingerprint density at radius 1 is 1.44 bits per heavy atom. The van der Waals surface area contributed by atoms with Crippen molar-refractivity contribution in [1.29, 1.82) is 0 Å². The van der Waals surface area contributed by atoms with Gasteiger partial charge in [0.2, 0.25) is 0 Å². The van der Waals surface area contributed by atoms with E-state index in [0.29, 0.717) is 6.04 Å². The Labute approximate surface area is 117 Å². The van der Waals surface area contributed by atoms with Gasteiger partial charge in [-0.2, -0.15) is 0 Å². The highest BCUT2D eigenvalue weighted by Crippen LogP contribution is 2.30. The molecule has 0 aliphatic heterocycles. The normalized spacial score (nSPS) is 26.8. The Morgan fingerprint density at radius 3 is 2.83 bits per heavy atom. The van der Waals surface area contributed by atoms with Gasteiger partial charge in [-0.1, -0.05) is 15.9 Å². The van der Waals surface area contributed by atoms with Crippen LogP contribution in [0.2, 0.25) is 0 Å². The molecule has 1 fully saturated rings. The van der Waals surface area contributed by atoms with Crippen LogP contribution in [0.15, 0.2) is 22.7 Å². The van der Waals surface area contributed by atoms with Crippen molar-refractivity contribution in [2.24, 2.45) is 0 Å². The topological polar surface area (TPSA) is 30.5 Å². The number of anilines is 1. The van der Waals surface area contributed by atoms with E-state index in [1.165, 1.54) is 5.56 Å². The summed E-state index contributed by atoms with van der Waals surface area (Å²) in [6.45, 7) is 4.85. The van der Waals surface area contributed by atoms with Crippen LogP contribution in [0.4, 0.5) is 5.69 Å². The number of ether oxygens (including phenoxy) is 2. The van der Waals surface area contributed by atoms with Crippen LogP contribution in [-0.2, 0) is 9.47 Å². The number of methoxy groups -OCH3 is 1. The molecule has 3 nitrogen and oxygen atoms in total. The third kappa shape index (κ3) is 2.87. The highest BCUT2D eigenvalue weighted by molar-refractivity contribution is 9.10. The summed E-state index contributed by atoms with van der Waals surface area (Å²) in [5, 5.41) is 3.51. The Morgan fingerprint density at radius 2 is 2.22 bits per heavy atom. The van der Waals surface area contributed by atoms with E-state index in [2.05, 4.69) is 46.4 Å². The van der Waals surface area contributed by atoms with Gasteiger partial charge in [0.15, 0.2) is 0 Å². The summed E-state index contributed by atoms with van der Waals surface area (Å²) in [6.07, 6.45) is 1.38. The monoisotopic (exact) mass is 313 g/mol. The van der Waals surface area contributed by atoms with Gasteiger partial charge >= 0.3 is 0 Å². The first-order chi connectivity index (χ1) is 8.65. The van der Waals surface area contributed by atoms with E-state index in [1.807, 2.05) is 6.92 Å². The molecular weight excluding hydrogens is 294 g/mol. The standard InChI is InChI=1S/C14H20BrNO2/c1-4-18-13-8-12(14(13)17-3)16-10-5-6-11(15)9(2)7-10/h5-7,12-14,16H,4,8H2,1-3H3. The van der Waals surface area contributed by atoms with E-state index in [-0.39, 0.29) is 12.2 Å². The van der Waals surface area contributed by atoms with E-state index in [9.17, 15) is 0 Å². The van der Waals surface area contributed by atoms with Gasteiger partial charge in [0.05, 0.1) is 12.1 Å². The van der Waals surface area contributed by atoms with Crippen LogP contribution in [0.25, 0.3) is 0 Å². The Bertz CT molecular complexity index is 411. The van der Waals surface area contributed by atoms with Gasteiger partial charge in [-0.25, -0.2) is 0 Å². The number of nitrogens with one attached hydrogen (secondary N) is 1. The number of hydrogen-bond acceptors (Lipinski definition) is 3. The van der Waals surface area contributed by atoms with Crippen LogP contribution >= 0.6 is 15.9 Å². The third-order valence-corrected chi connectivity index (χ3v) is 4.30. The maximum absolute atomic E-state index is 5.62. The van der Waals surface area contributed by atoms with Gasteiger partial charge < -0.3 is 14.8 Å². The highest BCUT2D eigenvalue weighted by Gasteiger charge is 2.42. The molecule has 3 atom stereocenters. The summed E-state index contributed by atoms with van der Waals surface area (Å²) in [5.41, 5.74) is 2.37. The molecule has 0 spiro atoms. The van der Waals surface area contributed by atoms with Crippen molar-refractivity contribution in [3.05, 3.63) is 28.2 Å². The highest BCUT2D eigenvalue weighted by atomic mass is 79.9. The minimum atomic E-state index is 0.147. The molecule has 0 aromatic heterocycles. The van der Waals surface area contributed by atoms with Crippen molar-refractivity contribution < 1.29 is 9.47 Å². The molecule has 4 heteroatoms. The van der Waals surface area contributed by atoms with Gasteiger partial charge in [0, 0.05) is 23.9 Å². The predicted molar refractivity (Wildman–Crippen MR) is 77.1 cm³/mol. The number of hydrogen-bond donors (Lipinski definition) is 1. The van der Waals surface area contributed by atoms with Crippen molar-refractivity contribution in [3.8, 4) is 0 Å². The van der Waals surface area contributed by atoms with Crippen LogP contribution in [0.1, 0.15) is 18.9 Å². The molecule has 18 heavy (non-hydrogen) atoms. The van der Waals surface area contributed by atoms with Crippen LogP contribution in [0.5, 0.6) is 0 Å². The molecule has 1 aromatic rings. The second-order valence-corrected chi connectivity index (χ2v) is 5.50. The van der Waals surface area contributed by atoms with Crippen molar-refractivity contribution in [3.63, 3.8) is 0 Å². The first-order valence-corrected chi connectivity index (χ1v) is 7.12. The van der Waals surface area contributed by atoms with Crippen LogP contribution in [0, 0.1) is 6.92 Å². The Kier molecular flexibility index (Phi) is 4.65. The number of rotatable bonds is 5. The van der Waals surface area contributed by atoms with Crippen molar-refractivity contribution in [2.75, 3.05) is 19.0 Å². The summed E-state index contributed by atoms with van der Waals surface area (Å²) in [6, 6.07) is 6.63. The SMILES string of the molecule is CCOC1CC(Nc2ccc(Br)c(C)c2)C1OC. The number of aryl methyl sites for hydroxylation is 1. The fraction of sp³-hybridized carbons (Fsp3) is 0.571. The first-order valence-electron chi connectivity index (χ1n) is 6.32. The summed E-state index contributed by atoms with van der Waals surface area (Å²) >= 11 is 3.51. The molecule has 2 rings (SSSR count). The minimum absolute atomic E-state index is 0.147. The number of halogens is 1. The lowest BCUT2D eigenvalue weighted by Crippen LogP contribution is -2.56. The largest absolute Gasteiger partial charge is 0.379 e. The second kappa shape index (κ2) is 6.04. The molecule has 1 aliphatic rings. The second-order valence-electron chi connectivity index (χ2n) is 4.64. The summed E-state index contributed by atoms with van der Waals surface area (Å²) in [7, 11) is 1.75. The molecule has 1 aliphatic carbocycles. The van der Waals surface area contributed by atoms with Gasteiger partial charge in [-0.15, -0.1) is 0 Å². The first kappa shape index (κ1) is 13.8. The van der Waals surface area contributed by atoms with Crippen LogP contribution < -0.4 is 5.32 Å². The lowest BCUT2D eigenvalue weighted by Gasteiger charge is -2.43. The Balaban J connectivity index is 1.96. The zero-order valence-corrected chi connectivity index (χ0v) is 12.7. The smallest absolute Gasteiger partial charge is 0.103 e. The van der Waals surface area contributed by atoms with E-state index in [4.69, 9.17) is 9.47 Å². The molecular formula is C14H20BrNO2. The summed E-state index contributed by atoms with van der Waals surface area (Å²) < 4.78 is 12.2. The molecule has 0 heterocycles. The van der Waals surface area contributed by atoms with E-state index in [1.54, 1.807) is 7.11 Å². The summed E-state index contributed by atoms with van der Waals surface area (Å²) in [4.78, 5) is 0. The average molecular weight is 314 g/mol. The van der Waals surface area contributed by atoms with Gasteiger partial charge in [0.25, 0.3) is 0 Å². The van der Waals surface area contributed by atoms with Crippen LogP contribution in [0.3, 0.4) is 0 Å². The molecule has 3 unspecified atom stereocenters. The Hall–Kier alpha value is -0.580. The maximum Gasteiger partial charge on any atom is 0.103 e. The molecule has 0 radical (unpaired) electrons. The van der Waals surface area contributed by atoms with Gasteiger partial charge in [-0.05, 0) is 44.0 Å². The fourth-order valence-electron chi connectivity index (χ4n) is 2.36. The van der Waals surface area contributed by atoms with Crippen molar-refractivity contribution in [2.45, 2.75) is 38.5 Å². The van der Waals surface area contributed by atoms with Crippen molar-refractivity contribution in [1.82, 2.24) is 0 Å². The molecule has 0 bridgehead atoms. The van der Waals surface area contributed by atoms with Gasteiger partial charge in [-0.3, -0.25) is 0 Å². The molecule has 100 valence electrons. The molecule has 1 aromatic carbocycles. The zero-order chi connectivity index (χ0) is 13.1. The lowest BCUT2D eigenvalue weighted by atomic mass is 9.85.